The minimum Gasteiger partial charge on any atom is -0.488 e. The summed E-state index contributed by atoms with van der Waals surface area (Å²) in [7, 11) is 0. The number of nitrogens with one attached hydrogen (secondary N) is 1. The summed E-state index contributed by atoms with van der Waals surface area (Å²) in [5.41, 5.74) is 2.15. The van der Waals surface area contributed by atoms with Gasteiger partial charge in [0, 0.05) is 35.4 Å². The van der Waals surface area contributed by atoms with Gasteiger partial charge >= 0.3 is 0 Å². The Morgan fingerprint density at radius 1 is 1.00 bits per heavy atom. The lowest BCUT2D eigenvalue weighted by atomic mass is 10.2. The maximum Gasteiger partial charge on any atom is 0.131 e. The molecule has 3 rings (SSSR count). The summed E-state index contributed by atoms with van der Waals surface area (Å²) < 4.78 is 19.7. The van der Waals surface area contributed by atoms with Gasteiger partial charge in [-0.2, -0.15) is 0 Å². The van der Waals surface area contributed by atoms with Crippen molar-refractivity contribution in [3.05, 3.63) is 93.5 Å². The number of pyridine rings is 1. The van der Waals surface area contributed by atoms with Crippen LogP contribution >= 0.6 is 23.2 Å². The van der Waals surface area contributed by atoms with Gasteiger partial charge in [0.15, 0.2) is 0 Å². The van der Waals surface area contributed by atoms with Crippen molar-refractivity contribution in [1.29, 1.82) is 0 Å². The minimum absolute atomic E-state index is 0.0420. The number of hydrogen-bond acceptors (Lipinski definition) is 3. The zero-order chi connectivity index (χ0) is 18.4. The molecule has 1 aromatic heterocycles. The van der Waals surface area contributed by atoms with Crippen molar-refractivity contribution >= 4 is 23.2 Å². The fourth-order valence-corrected chi connectivity index (χ4v) is 2.89. The highest BCUT2D eigenvalue weighted by Crippen LogP contribution is 2.26. The van der Waals surface area contributed by atoms with E-state index in [1.165, 1.54) is 6.07 Å². The SMILES string of the molecule is Fc1cccc(Cl)c1COc1ccc(Cl)cc1CNCc1ccccn1. The normalized spacial score (nSPS) is 10.7. The first kappa shape index (κ1) is 18.6. The molecule has 3 aromatic rings. The highest BCUT2D eigenvalue weighted by molar-refractivity contribution is 6.31. The largest absolute Gasteiger partial charge is 0.488 e. The van der Waals surface area contributed by atoms with E-state index in [1.54, 1.807) is 30.5 Å². The Hall–Kier alpha value is -2.14. The molecule has 2 aromatic carbocycles. The fourth-order valence-electron chi connectivity index (χ4n) is 2.48. The van der Waals surface area contributed by atoms with E-state index in [0.29, 0.717) is 34.4 Å². The minimum atomic E-state index is -0.388. The number of benzene rings is 2. The van der Waals surface area contributed by atoms with Crippen LogP contribution in [0, 0.1) is 5.82 Å². The third-order valence-corrected chi connectivity index (χ3v) is 4.39. The molecule has 1 N–H and O–H groups in total. The molecular formula is C20H17Cl2FN2O. The maximum absolute atomic E-state index is 13.9. The van der Waals surface area contributed by atoms with Gasteiger partial charge in [-0.3, -0.25) is 4.98 Å². The molecule has 0 aliphatic carbocycles. The van der Waals surface area contributed by atoms with Crippen LogP contribution in [0.15, 0.2) is 60.8 Å². The molecule has 0 spiro atoms. The summed E-state index contributed by atoms with van der Waals surface area (Å²) in [6.07, 6.45) is 1.75. The van der Waals surface area contributed by atoms with Gasteiger partial charge in [-0.1, -0.05) is 35.3 Å². The van der Waals surface area contributed by atoms with E-state index < -0.39 is 0 Å². The quantitative estimate of drug-likeness (QED) is 0.586. The zero-order valence-corrected chi connectivity index (χ0v) is 15.4. The number of halogens is 3. The highest BCUT2D eigenvalue weighted by Gasteiger charge is 2.10. The Bertz CT molecular complexity index is 855. The molecule has 0 saturated heterocycles. The molecule has 134 valence electrons. The molecule has 0 unspecified atom stereocenters. The van der Waals surface area contributed by atoms with Crippen molar-refractivity contribution in [2.45, 2.75) is 19.7 Å². The Morgan fingerprint density at radius 2 is 1.88 bits per heavy atom. The van der Waals surface area contributed by atoms with Crippen LogP contribution in [-0.2, 0) is 19.7 Å². The summed E-state index contributed by atoms with van der Waals surface area (Å²) in [5.74, 6) is 0.239. The maximum atomic E-state index is 13.9. The van der Waals surface area contributed by atoms with Crippen molar-refractivity contribution in [3.63, 3.8) is 0 Å². The van der Waals surface area contributed by atoms with Crippen LogP contribution in [0.25, 0.3) is 0 Å². The first-order valence-corrected chi connectivity index (χ1v) is 8.84. The average molecular weight is 391 g/mol. The first-order valence-electron chi connectivity index (χ1n) is 8.08. The lowest BCUT2D eigenvalue weighted by molar-refractivity contribution is 0.296. The predicted molar refractivity (Wildman–Crippen MR) is 102 cm³/mol. The molecular weight excluding hydrogens is 374 g/mol. The molecule has 0 atom stereocenters. The van der Waals surface area contributed by atoms with Gasteiger partial charge in [0.05, 0.1) is 10.7 Å². The summed E-state index contributed by atoms with van der Waals surface area (Å²) in [5, 5.41) is 4.25. The van der Waals surface area contributed by atoms with Gasteiger partial charge < -0.3 is 10.1 Å². The summed E-state index contributed by atoms with van der Waals surface area (Å²) in [6, 6.07) is 15.7. The van der Waals surface area contributed by atoms with Gasteiger partial charge in [0.1, 0.15) is 18.2 Å². The van der Waals surface area contributed by atoms with Gasteiger partial charge in [-0.25, -0.2) is 4.39 Å². The molecule has 0 amide bonds. The highest BCUT2D eigenvalue weighted by atomic mass is 35.5. The molecule has 0 fully saturated rings. The Morgan fingerprint density at radius 3 is 2.65 bits per heavy atom. The molecule has 0 saturated carbocycles. The summed E-state index contributed by atoms with van der Waals surface area (Å²) in [4.78, 5) is 4.27. The molecule has 6 heteroatoms. The van der Waals surface area contributed by atoms with Crippen molar-refractivity contribution in [3.8, 4) is 5.75 Å². The van der Waals surface area contributed by atoms with Crippen LogP contribution in [-0.4, -0.2) is 4.98 Å². The Labute approximate surface area is 161 Å². The van der Waals surface area contributed by atoms with E-state index in [1.807, 2.05) is 24.3 Å². The van der Waals surface area contributed by atoms with Crippen molar-refractivity contribution < 1.29 is 9.13 Å². The van der Waals surface area contributed by atoms with Crippen LogP contribution in [0.3, 0.4) is 0 Å². The van der Waals surface area contributed by atoms with Crippen LogP contribution in [0.1, 0.15) is 16.8 Å². The average Bonchev–Trinajstić information content (AvgIpc) is 2.64. The van der Waals surface area contributed by atoms with Crippen molar-refractivity contribution in [1.82, 2.24) is 10.3 Å². The van der Waals surface area contributed by atoms with E-state index in [0.717, 1.165) is 11.3 Å². The topological polar surface area (TPSA) is 34.1 Å². The number of ether oxygens (including phenoxy) is 1. The standard InChI is InChI=1S/C20H17Cl2FN2O/c21-15-7-8-20(26-13-17-18(22)5-3-6-19(17)23)14(10-15)11-24-12-16-4-1-2-9-25-16/h1-10,24H,11-13H2. The molecule has 0 bridgehead atoms. The smallest absolute Gasteiger partial charge is 0.131 e. The second-order valence-corrected chi connectivity index (χ2v) is 6.51. The zero-order valence-electron chi connectivity index (χ0n) is 13.9. The number of rotatable bonds is 7. The van der Waals surface area contributed by atoms with Gasteiger partial charge in [0.2, 0.25) is 0 Å². The molecule has 0 radical (unpaired) electrons. The van der Waals surface area contributed by atoms with E-state index in [4.69, 9.17) is 27.9 Å². The molecule has 26 heavy (non-hydrogen) atoms. The number of nitrogens with zero attached hydrogens (tertiary/aromatic N) is 1. The summed E-state index contributed by atoms with van der Waals surface area (Å²) in [6.45, 7) is 1.20. The fraction of sp³-hybridized carbons (Fsp3) is 0.150. The predicted octanol–water partition coefficient (Wildman–Crippen LogP) is 5.40. The molecule has 1 heterocycles. The number of aromatic nitrogens is 1. The monoisotopic (exact) mass is 390 g/mol. The molecule has 0 aliphatic heterocycles. The lowest BCUT2D eigenvalue weighted by Gasteiger charge is -2.14. The third-order valence-electron chi connectivity index (χ3n) is 3.80. The van der Waals surface area contributed by atoms with Gasteiger partial charge in [-0.05, 0) is 42.5 Å². The van der Waals surface area contributed by atoms with Crippen LogP contribution in [0.2, 0.25) is 10.0 Å². The van der Waals surface area contributed by atoms with E-state index in [9.17, 15) is 4.39 Å². The molecule has 0 aliphatic rings. The van der Waals surface area contributed by atoms with E-state index in [2.05, 4.69) is 10.3 Å². The lowest BCUT2D eigenvalue weighted by Crippen LogP contribution is -2.14. The molecule has 3 nitrogen and oxygen atoms in total. The number of hydrogen-bond donors (Lipinski definition) is 1. The second kappa shape index (κ2) is 8.99. The van der Waals surface area contributed by atoms with Crippen molar-refractivity contribution in [2.24, 2.45) is 0 Å². The van der Waals surface area contributed by atoms with Crippen molar-refractivity contribution in [2.75, 3.05) is 0 Å². The van der Waals surface area contributed by atoms with Crippen LogP contribution < -0.4 is 10.1 Å². The van der Waals surface area contributed by atoms with E-state index in [-0.39, 0.29) is 12.4 Å². The second-order valence-electron chi connectivity index (χ2n) is 5.67. The van der Waals surface area contributed by atoms with Crippen LogP contribution in [0.4, 0.5) is 4.39 Å². The van der Waals surface area contributed by atoms with E-state index >= 15 is 0 Å². The summed E-state index contributed by atoms with van der Waals surface area (Å²) >= 11 is 12.2. The Kier molecular flexibility index (Phi) is 6.45. The third kappa shape index (κ3) is 4.94. The van der Waals surface area contributed by atoms with Gasteiger partial charge in [-0.15, -0.1) is 0 Å². The first-order chi connectivity index (χ1) is 12.6. The van der Waals surface area contributed by atoms with Crippen LogP contribution in [0.5, 0.6) is 5.75 Å². The Balaban J connectivity index is 1.67. The van der Waals surface area contributed by atoms with Gasteiger partial charge in [0.25, 0.3) is 0 Å².